The van der Waals surface area contributed by atoms with Crippen LogP contribution in [0.2, 0.25) is 0 Å². The Morgan fingerprint density at radius 1 is 1.12 bits per heavy atom. The number of carbonyl (C=O) groups excluding carboxylic acids is 1. The van der Waals surface area contributed by atoms with Gasteiger partial charge in [-0.1, -0.05) is 30.0 Å². The van der Waals surface area contributed by atoms with Crippen LogP contribution in [0.15, 0.2) is 59.8 Å². The predicted octanol–water partition coefficient (Wildman–Crippen LogP) is 3.94. The molecule has 0 spiro atoms. The normalized spacial score (nSPS) is 13.2. The molecule has 6 nitrogen and oxygen atoms in total. The zero-order chi connectivity index (χ0) is 17.5. The van der Waals surface area contributed by atoms with Crippen molar-refractivity contribution in [3.63, 3.8) is 0 Å². The van der Waals surface area contributed by atoms with E-state index in [1.807, 2.05) is 42.5 Å². The Labute approximate surface area is 153 Å². The molecule has 26 heavy (non-hydrogen) atoms. The smallest absolute Gasteiger partial charge is 0.227 e. The number of aromatic nitrogens is 4. The van der Waals surface area contributed by atoms with E-state index in [4.69, 9.17) is 4.98 Å². The highest BCUT2D eigenvalue weighted by Crippen LogP contribution is 2.37. The van der Waals surface area contributed by atoms with Crippen LogP contribution in [0, 0.1) is 0 Å². The molecule has 0 bridgehead atoms. The Morgan fingerprint density at radius 2 is 2.04 bits per heavy atom. The minimum atomic E-state index is 0.103. The van der Waals surface area contributed by atoms with Crippen LogP contribution >= 0.6 is 11.8 Å². The van der Waals surface area contributed by atoms with Gasteiger partial charge in [-0.3, -0.25) is 9.89 Å². The van der Waals surface area contributed by atoms with Crippen LogP contribution in [-0.2, 0) is 11.2 Å². The Balaban J connectivity index is 1.57. The first-order valence-corrected chi connectivity index (χ1v) is 8.94. The molecule has 0 saturated carbocycles. The highest BCUT2D eigenvalue weighted by atomic mass is 32.2. The van der Waals surface area contributed by atoms with Crippen LogP contribution < -0.4 is 5.32 Å². The molecule has 0 amide bonds. The lowest BCUT2D eigenvalue weighted by atomic mass is 10.1. The summed E-state index contributed by atoms with van der Waals surface area (Å²) in [6, 6.07) is 13.7. The Bertz CT molecular complexity index is 1150. The number of anilines is 2. The van der Waals surface area contributed by atoms with Gasteiger partial charge in [0.2, 0.25) is 5.95 Å². The molecule has 0 saturated heterocycles. The number of rotatable bonds is 2. The van der Waals surface area contributed by atoms with Crippen molar-refractivity contribution in [1.29, 1.82) is 0 Å². The quantitative estimate of drug-likeness (QED) is 0.564. The van der Waals surface area contributed by atoms with Crippen LogP contribution in [0.1, 0.15) is 5.56 Å². The summed E-state index contributed by atoms with van der Waals surface area (Å²) in [4.78, 5) is 22.2. The van der Waals surface area contributed by atoms with Gasteiger partial charge in [0.25, 0.3) is 0 Å². The lowest BCUT2D eigenvalue weighted by molar-refractivity contribution is -0.110. The van der Waals surface area contributed by atoms with Crippen molar-refractivity contribution in [2.45, 2.75) is 11.3 Å². The van der Waals surface area contributed by atoms with Crippen molar-refractivity contribution in [2.24, 2.45) is 0 Å². The van der Waals surface area contributed by atoms with Gasteiger partial charge in [-0.15, -0.1) is 0 Å². The van der Waals surface area contributed by atoms with E-state index in [1.165, 1.54) is 11.8 Å². The molecular formula is C19H13N5OS. The number of hydrogen-bond donors (Lipinski definition) is 2. The molecule has 2 N–H and O–H groups in total. The van der Waals surface area contributed by atoms with E-state index >= 15 is 0 Å². The Hall–Kier alpha value is -3.19. The Morgan fingerprint density at radius 3 is 3.00 bits per heavy atom. The van der Waals surface area contributed by atoms with Crippen molar-refractivity contribution in [2.75, 3.05) is 5.32 Å². The zero-order valence-electron chi connectivity index (χ0n) is 13.6. The van der Waals surface area contributed by atoms with E-state index in [9.17, 15) is 4.79 Å². The average Bonchev–Trinajstić information content (AvgIpc) is 3.06. The molecule has 5 rings (SSSR count). The van der Waals surface area contributed by atoms with Gasteiger partial charge in [0.1, 0.15) is 0 Å². The van der Waals surface area contributed by atoms with Crippen molar-refractivity contribution in [1.82, 2.24) is 20.2 Å². The fourth-order valence-electron chi connectivity index (χ4n) is 3.04. The first-order valence-electron chi connectivity index (χ1n) is 8.12. The van der Waals surface area contributed by atoms with Crippen molar-refractivity contribution in [3.05, 3.63) is 60.4 Å². The maximum Gasteiger partial charge on any atom is 0.227 e. The summed E-state index contributed by atoms with van der Waals surface area (Å²) >= 11 is 1.26. The molecular weight excluding hydrogens is 346 g/mol. The molecule has 7 heteroatoms. The summed E-state index contributed by atoms with van der Waals surface area (Å²) in [5, 5.41) is 11.3. The van der Waals surface area contributed by atoms with E-state index < -0.39 is 0 Å². The number of aromatic amines is 1. The third-order valence-corrected chi connectivity index (χ3v) is 5.21. The van der Waals surface area contributed by atoms with Crippen LogP contribution in [-0.4, -0.2) is 25.3 Å². The molecule has 0 atom stereocenters. The number of nitrogens with one attached hydrogen (secondary N) is 2. The average molecular weight is 359 g/mol. The lowest BCUT2D eigenvalue weighted by Gasteiger charge is -2.10. The van der Waals surface area contributed by atoms with Crippen molar-refractivity contribution in [3.8, 4) is 11.3 Å². The highest BCUT2D eigenvalue weighted by molar-refractivity contribution is 8.13. The Kier molecular flexibility index (Phi) is 3.46. The van der Waals surface area contributed by atoms with Crippen LogP contribution in [0.4, 0.5) is 11.6 Å². The maximum absolute atomic E-state index is 12.2. The second kappa shape index (κ2) is 5.96. The second-order valence-electron chi connectivity index (χ2n) is 6.01. The third-order valence-electron chi connectivity index (χ3n) is 4.26. The SMILES string of the molecule is O=C1Cc2cnc(Nc3ccc4[nH]ncc4c3)nc2-c2ccccc2S1. The number of benzene rings is 2. The number of fused-ring (bicyclic) bond motifs is 4. The summed E-state index contributed by atoms with van der Waals surface area (Å²) in [6.07, 6.45) is 3.84. The molecule has 2 aromatic carbocycles. The van der Waals surface area contributed by atoms with Gasteiger partial charge in [-0.25, -0.2) is 9.97 Å². The van der Waals surface area contributed by atoms with Gasteiger partial charge in [-0.05, 0) is 24.3 Å². The number of thioether (sulfide) groups is 1. The van der Waals surface area contributed by atoms with Crippen LogP contribution in [0.5, 0.6) is 0 Å². The van der Waals surface area contributed by atoms with Gasteiger partial charge in [-0.2, -0.15) is 5.10 Å². The molecule has 4 aromatic rings. The molecule has 0 radical (unpaired) electrons. The molecule has 0 unspecified atom stereocenters. The van der Waals surface area contributed by atoms with Gasteiger partial charge < -0.3 is 5.32 Å². The molecule has 126 valence electrons. The summed E-state index contributed by atoms with van der Waals surface area (Å²) in [5.41, 5.74) is 4.48. The standard InChI is InChI=1S/C19H13N5OS/c25-17-8-12-9-20-19(22-13-5-6-15-11(7-13)10-21-24-15)23-18(12)14-3-1-2-4-16(14)26-17/h1-7,9-10H,8H2,(H,21,24)(H,20,22,23). The molecule has 1 aliphatic heterocycles. The zero-order valence-corrected chi connectivity index (χ0v) is 14.4. The first-order chi connectivity index (χ1) is 12.8. The topological polar surface area (TPSA) is 83.6 Å². The fourth-order valence-corrected chi connectivity index (χ4v) is 3.94. The van der Waals surface area contributed by atoms with E-state index in [-0.39, 0.29) is 5.12 Å². The van der Waals surface area contributed by atoms with Gasteiger partial charge in [0.05, 0.1) is 17.4 Å². The fraction of sp³-hybridized carbons (Fsp3) is 0.0526. The third kappa shape index (κ3) is 2.62. The highest BCUT2D eigenvalue weighted by Gasteiger charge is 2.21. The molecule has 0 aliphatic carbocycles. The largest absolute Gasteiger partial charge is 0.324 e. The molecule has 3 heterocycles. The predicted molar refractivity (Wildman–Crippen MR) is 101 cm³/mol. The number of H-pyrrole nitrogens is 1. The van der Waals surface area contributed by atoms with Gasteiger partial charge >= 0.3 is 0 Å². The number of nitrogens with zero attached hydrogens (tertiary/aromatic N) is 3. The van der Waals surface area contributed by atoms with Gasteiger partial charge in [0.15, 0.2) is 5.12 Å². The lowest BCUT2D eigenvalue weighted by Crippen LogP contribution is -2.03. The summed E-state index contributed by atoms with van der Waals surface area (Å²) in [7, 11) is 0. The summed E-state index contributed by atoms with van der Waals surface area (Å²) in [6.45, 7) is 0. The minimum absolute atomic E-state index is 0.103. The minimum Gasteiger partial charge on any atom is -0.324 e. The molecule has 2 aromatic heterocycles. The molecule has 1 aliphatic rings. The monoisotopic (exact) mass is 359 g/mol. The first kappa shape index (κ1) is 15.1. The maximum atomic E-state index is 12.2. The molecule has 0 fully saturated rings. The summed E-state index contributed by atoms with van der Waals surface area (Å²) < 4.78 is 0. The number of hydrogen-bond acceptors (Lipinski definition) is 6. The van der Waals surface area contributed by atoms with Crippen molar-refractivity contribution < 1.29 is 4.79 Å². The van der Waals surface area contributed by atoms with Crippen molar-refractivity contribution >= 4 is 39.4 Å². The van der Waals surface area contributed by atoms with Crippen LogP contribution in [0.25, 0.3) is 22.2 Å². The summed E-state index contributed by atoms with van der Waals surface area (Å²) in [5.74, 6) is 0.501. The number of carbonyl (C=O) groups is 1. The van der Waals surface area contributed by atoms with Crippen LogP contribution in [0.3, 0.4) is 0 Å². The van der Waals surface area contributed by atoms with Gasteiger partial charge in [0, 0.05) is 39.7 Å². The van der Waals surface area contributed by atoms with E-state index in [1.54, 1.807) is 12.4 Å². The van der Waals surface area contributed by atoms with E-state index in [0.717, 1.165) is 38.3 Å². The van der Waals surface area contributed by atoms with E-state index in [0.29, 0.717) is 12.4 Å². The van der Waals surface area contributed by atoms with E-state index in [2.05, 4.69) is 20.5 Å². The second-order valence-corrected chi connectivity index (χ2v) is 7.11.